The van der Waals surface area contributed by atoms with Crippen molar-refractivity contribution in [2.45, 2.75) is 45.2 Å². The van der Waals surface area contributed by atoms with E-state index in [-0.39, 0.29) is 11.9 Å². The molecule has 0 saturated carbocycles. The van der Waals surface area contributed by atoms with Crippen LogP contribution >= 0.6 is 0 Å². The highest BCUT2D eigenvalue weighted by molar-refractivity contribution is 5.60. The molecule has 0 amide bonds. The third kappa shape index (κ3) is 3.22. The Morgan fingerprint density at radius 2 is 2.10 bits per heavy atom. The Balaban J connectivity index is 2.26. The molecule has 7 heteroatoms. The van der Waals surface area contributed by atoms with E-state index in [2.05, 4.69) is 10.3 Å². The molecule has 1 aliphatic rings. The van der Waals surface area contributed by atoms with Gasteiger partial charge in [0.25, 0.3) is 5.56 Å². The SMILES string of the molecule is CCCCn1c(N)c(NC2CCOCC2)c(=O)[nH]c1=O. The first kappa shape index (κ1) is 14.6. The van der Waals surface area contributed by atoms with E-state index >= 15 is 0 Å². The molecule has 2 rings (SSSR count). The molecule has 0 unspecified atom stereocenters. The van der Waals surface area contributed by atoms with E-state index < -0.39 is 11.2 Å². The lowest BCUT2D eigenvalue weighted by Gasteiger charge is -2.24. The zero-order chi connectivity index (χ0) is 14.5. The van der Waals surface area contributed by atoms with Crippen LogP contribution in [-0.2, 0) is 11.3 Å². The molecule has 0 spiro atoms. The van der Waals surface area contributed by atoms with E-state index in [4.69, 9.17) is 10.5 Å². The second kappa shape index (κ2) is 6.60. The molecular weight excluding hydrogens is 260 g/mol. The van der Waals surface area contributed by atoms with Gasteiger partial charge in [0.1, 0.15) is 11.5 Å². The van der Waals surface area contributed by atoms with E-state index in [0.29, 0.717) is 25.4 Å². The zero-order valence-corrected chi connectivity index (χ0v) is 11.8. The number of hydrogen-bond donors (Lipinski definition) is 3. The maximum atomic E-state index is 11.9. The molecule has 0 radical (unpaired) electrons. The van der Waals surface area contributed by atoms with Crippen molar-refractivity contribution >= 4 is 11.5 Å². The van der Waals surface area contributed by atoms with Gasteiger partial charge >= 0.3 is 5.69 Å². The summed E-state index contributed by atoms with van der Waals surface area (Å²) in [4.78, 5) is 26.0. The van der Waals surface area contributed by atoms with Crippen LogP contribution in [0, 0.1) is 0 Å². The fourth-order valence-electron chi connectivity index (χ4n) is 2.31. The number of aromatic nitrogens is 2. The molecule has 20 heavy (non-hydrogen) atoms. The standard InChI is InChI=1S/C13H22N4O3/c1-2-3-6-17-11(14)10(12(18)16-13(17)19)15-9-4-7-20-8-5-9/h9,15H,2-8,14H2,1H3,(H,16,18,19). The van der Waals surface area contributed by atoms with Gasteiger partial charge in [0.05, 0.1) is 0 Å². The molecule has 1 aliphatic heterocycles. The van der Waals surface area contributed by atoms with Crippen molar-refractivity contribution in [1.29, 1.82) is 0 Å². The minimum absolute atomic E-state index is 0.157. The summed E-state index contributed by atoms with van der Waals surface area (Å²) in [5.74, 6) is 0.221. The van der Waals surface area contributed by atoms with Crippen molar-refractivity contribution in [1.82, 2.24) is 9.55 Å². The Hall–Kier alpha value is -1.76. The van der Waals surface area contributed by atoms with Gasteiger partial charge in [-0.25, -0.2) is 4.79 Å². The van der Waals surface area contributed by atoms with Crippen LogP contribution in [0.2, 0.25) is 0 Å². The Labute approximate surface area is 117 Å². The van der Waals surface area contributed by atoms with Crippen molar-refractivity contribution in [2.75, 3.05) is 24.3 Å². The number of unbranched alkanes of at least 4 members (excludes halogenated alkanes) is 1. The molecule has 1 aromatic rings. The number of nitrogen functional groups attached to an aromatic ring is 1. The van der Waals surface area contributed by atoms with Gasteiger partial charge < -0.3 is 15.8 Å². The van der Waals surface area contributed by atoms with Gasteiger partial charge in [0.15, 0.2) is 0 Å². The largest absolute Gasteiger partial charge is 0.383 e. The zero-order valence-electron chi connectivity index (χ0n) is 11.8. The van der Waals surface area contributed by atoms with Crippen LogP contribution in [0.4, 0.5) is 11.5 Å². The van der Waals surface area contributed by atoms with Crippen LogP contribution in [0.3, 0.4) is 0 Å². The molecule has 0 aromatic carbocycles. The molecular formula is C13H22N4O3. The predicted molar refractivity (Wildman–Crippen MR) is 78.1 cm³/mol. The van der Waals surface area contributed by atoms with Crippen molar-refractivity contribution in [3.05, 3.63) is 20.8 Å². The van der Waals surface area contributed by atoms with Crippen molar-refractivity contribution in [2.24, 2.45) is 0 Å². The van der Waals surface area contributed by atoms with E-state index in [1.54, 1.807) is 0 Å². The Morgan fingerprint density at radius 3 is 2.75 bits per heavy atom. The minimum Gasteiger partial charge on any atom is -0.383 e. The Kier molecular flexibility index (Phi) is 4.84. The van der Waals surface area contributed by atoms with Gasteiger partial charge in [-0.05, 0) is 19.3 Å². The number of nitrogens with one attached hydrogen (secondary N) is 2. The highest BCUT2D eigenvalue weighted by Crippen LogP contribution is 2.16. The summed E-state index contributed by atoms with van der Waals surface area (Å²) in [7, 11) is 0. The van der Waals surface area contributed by atoms with E-state index in [1.807, 2.05) is 6.92 Å². The minimum atomic E-state index is -0.452. The molecule has 0 atom stereocenters. The van der Waals surface area contributed by atoms with E-state index in [1.165, 1.54) is 4.57 Å². The van der Waals surface area contributed by atoms with Crippen LogP contribution in [-0.4, -0.2) is 28.8 Å². The maximum absolute atomic E-state index is 11.9. The third-order valence-corrected chi connectivity index (χ3v) is 3.54. The quantitative estimate of drug-likeness (QED) is 0.730. The summed E-state index contributed by atoms with van der Waals surface area (Å²) >= 11 is 0. The molecule has 7 nitrogen and oxygen atoms in total. The van der Waals surface area contributed by atoms with Gasteiger partial charge in [-0.15, -0.1) is 0 Å². The van der Waals surface area contributed by atoms with Gasteiger partial charge in [-0.3, -0.25) is 14.3 Å². The molecule has 0 aliphatic carbocycles. The fraction of sp³-hybridized carbons (Fsp3) is 0.692. The molecule has 1 saturated heterocycles. The monoisotopic (exact) mass is 282 g/mol. The predicted octanol–water partition coefficient (Wildman–Crippen LogP) is 0.510. The topological polar surface area (TPSA) is 102 Å². The van der Waals surface area contributed by atoms with Crippen LogP contribution in [0.5, 0.6) is 0 Å². The van der Waals surface area contributed by atoms with Crippen molar-refractivity contribution < 1.29 is 4.74 Å². The summed E-state index contributed by atoms with van der Waals surface area (Å²) in [6, 6.07) is 0.157. The van der Waals surface area contributed by atoms with Crippen LogP contribution in [0.15, 0.2) is 9.59 Å². The van der Waals surface area contributed by atoms with Gasteiger partial charge in [0, 0.05) is 25.8 Å². The van der Waals surface area contributed by atoms with Gasteiger partial charge in [-0.2, -0.15) is 0 Å². The third-order valence-electron chi connectivity index (χ3n) is 3.54. The molecule has 1 aromatic heterocycles. The van der Waals surface area contributed by atoms with E-state index in [0.717, 1.165) is 25.7 Å². The Bertz CT molecular complexity index is 558. The lowest BCUT2D eigenvalue weighted by atomic mass is 10.1. The summed E-state index contributed by atoms with van der Waals surface area (Å²) in [5.41, 5.74) is 5.39. The molecule has 4 N–H and O–H groups in total. The van der Waals surface area contributed by atoms with E-state index in [9.17, 15) is 9.59 Å². The molecule has 1 fully saturated rings. The lowest BCUT2D eigenvalue weighted by molar-refractivity contribution is 0.0904. The summed E-state index contributed by atoms with van der Waals surface area (Å²) in [6.45, 7) is 3.89. The van der Waals surface area contributed by atoms with Gasteiger partial charge in [0.2, 0.25) is 0 Å². The number of nitrogens with zero attached hydrogens (tertiary/aromatic N) is 1. The summed E-state index contributed by atoms with van der Waals surface area (Å²) in [5, 5.41) is 3.15. The first-order valence-corrected chi connectivity index (χ1v) is 7.10. The van der Waals surface area contributed by atoms with Crippen LogP contribution < -0.4 is 22.3 Å². The summed E-state index contributed by atoms with van der Waals surface area (Å²) < 4.78 is 6.70. The normalized spacial score (nSPS) is 16.2. The first-order chi connectivity index (χ1) is 9.63. The molecule has 112 valence electrons. The highest BCUT2D eigenvalue weighted by Gasteiger charge is 2.18. The van der Waals surface area contributed by atoms with Crippen LogP contribution in [0.1, 0.15) is 32.6 Å². The van der Waals surface area contributed by atoms with Crippen molar-refractivity contribution in [3.8, 4) is 0 Å². The van der Waals surface area contributed by atoms with Crippen LogP contribution in [0.25, 0.3) is 0 Å². The number of H-pyrrole nitrogens is 1. The number of aromatic amines is 1. The first-order valence-electron chi connectivity index (χ1n) is 7.10. The average Bonchev–Trinajstić information content (AvgIpc) is 2.44. The average molecular weight is 282 g/mol. The van der Waals surface area contributed by atoms with Crippen molar-refractivity contribution in [3.63, 3.8) is 0 Å². The number of nitrogens with two attached hydrogens (primary N) is 1. The molecule has 0 bridgehead atoms. The Morgan fingerprint density at radius 1 is 1.40 bits per heavy atom. The number of anilines is 2. The van der Waals surface area contributed by atoms with Gasteiger partial charge in [-0.1, -0.05) is 13.3 Å². The second-order valence-corrected chi connectivity index (χ2v) is 5.06. The fourth-order valence-corrected chi connectivity index (χ4v) is 2.31. The highest BCUT2D eigenvalue weighted by atomic mass is 16.5. The smallest absolute Gasteiger partial charge is 0.330 e. The number of hydrogen-bond acceptors (Lipinski definition) is 5. The summed E-state index contributed by atoms with van der Waals surface area (Å²) in [6.07, 6.45) is 3.44. The second-order valence-electron chi connectivity index (χ2n) is 5.06. The maximum Gasteiger partial charge on any atom is 0.330 e. The number of ether oxygens (including phenoxy) is 1. The lowest BCUT2D eigenvalue weighted by Crippen LogP contribution is -2.37. The molecule has 2 heterocycles. The number of rotatable bonds is 5.